The van der Waals surface area contributed by atoms with Crippen molar-refractivity contribution in [2.24, 2.45) is 0 Å². The van der Waals surface area contributed by atoms with E-state index in [1.54, 1.807) is 0 Å². The summed E-state index contributed by atoms with van der Waals surface area (Å²) in [5.74, 6) is -0.926. The monoisotopic (exact) mass is 881 g/mol. The third-order valence-electron chi connectivity index (χ3n) is 11.5. The Morgan fingerprint density at radius 2 is 0.619 bits per heavy atom. The van der Waals surface area contributed by atoms with Crippen LogP contribution >= 0.6 is 0 Å². The summed E-state index contributed by atoms with van der Waals surface area (Å²) in [6.07, 6.45) is 64.1. The molecule has 0 aliphatic rings. The van der Waals surface area contributed by atoms with E-state index < -0.39 is 6.10 Å². The molecule has 0 heterocycles. The van der Waals surface area contributed by atoms with Gasteiger partial charge in [-0.15, -0.1) is 0 Å². The highest BCUT2D eigenvalue weighted by Gasteiger charge is 2.19. The molecule has 0 aromatic heterocycles. The minimum absolute atomic E-state index is 0.0852. The number of esters is 3. The molecule has 0 saturated heterocycles. The van der Waals surface area contributed by atoms with E-state index in [0.717, 1.165) is 96.3 Å². The Labute approximate surface area is 390 Å². The first-order valence-corrected chi connectivity index (χ1v) is 26.8. The fourth-order valence-electron chi connectivity index (χ4n) is 7.49. The van der Waals surface area contributed by atoms with Crippen LogP contribution in [-0.2, 0) is 28.6 Å². The van der Waals surface area contributed by atoms with Crippen molar-refractivity contribution in [2.75, 3.05) is 13.2 Å². The molecule has 0 amide bonds. The maximum atomic E-state index is 12.7. The number of carbonyl (C=O) groups is 3. The van der Waals surface area contributed by atoms with Gasteiger partial charge in [-0.1, -0.05) is 223 Å². The average molecular weight is 881 g/mol. The molecule has 0 aromatic carbocycles. The van der Waals surface area contributed by atoms with Gasteiger partial charge in [0.05, 0.1) is 0 Å². The van der Waals surface area contributed by atoms with Gasteiger partial charge in [0, 0.05) is 19.3 Å². The molecule has 0 aliphatic carbocycles. The summed E-state index contributed by atoms with van der Waals surface area (Å²) in [4.78, 5) is 37.6. The van der Waals surface area contributed by atoms with E-state index in [9.17, 15) is 14.4 Å². The zero-order chi connectivity index (χ0) is 45.8. The number of carbonyl (C=O) groups excluding carboxylic acids is 3. The molecular formula is C57H100O6. The van der Waals surface area contributed by atoms with Gasteiger partial charge in [-0.25, -0.2) is 0 Å². The van der Waals surface area contributed by atoms with Gasteiger partial charge in [0.25, 0.3) is 0 Å². The second kappa shape index (κ2) is 51.7. The summed E-state index contributed by atoms with van der Waals surface area (Å²) >= 11 is 0. The fraction of sp³-hybridized carbons (Fsp3) is 0.772. The molecule has 0 spiro atoms. The highest BCUT2D eigenvalue weighted by atomic mass is 16.6. The number of unbranched alkanes of at least 4 members (excludes halogenated alkanes) is 27. The SMILES string of the molecule is CC/C=C\C/C=C\C/C=C\CCCCCC(=O)OC(COC(=O)CCCCCCC)COC(=O)CCCCCCCCCCCCCCCCC/C=C\C/C=C\CCCCCCC. The smallest absolute Gasteiger partial charge is 0.306 e. The van der Waals surface area contributed by atoms with Gasteiger partial charge in [0.1, 0.15) is 13.2 Å². The second-order valence-corrected chi connectivity index (χ2v) is 17.8. The maximum absolute atomic E-state index is 12.7. The largest absolute Gasteiger partial charge is 0.462 e. The molecule has 0 aliphatic heterocycles. The Kier molecular flexibility index (Phi) is 49.4. The van der Waals surface area contributed by atoms with Crippen LogP contribution in [0.15, 0.2) is 60.8 Å². The Morgan fingerprint density at radius 3 is 0.984 bits per heavy atom. The van der Waals surface area contributed by atoms with Gasteiger partial charge < -0.3 is 14.2 Å². The van der Waals surface area contributed by atoms with Crippen LogP contribution in [0.5, 0.6) is 0 Å². The number of allylic oxidation sites excluding steroid dienone is 10. The molecule has 6 nitrogen and oxygen atoms in total. The molecule has 0 aromatic rings. The molecule has 0 fully saturated rings. The topological polar surface area (TPSA) is 78.9 Å². The van der Waals surface area contributed by atoms with Crippen molar-refractivity contribution in [3.05, 3.63) is 60.8 Å². The van der Waals surface area contributed by atoms with Gasteiger partial charge in [0.15, 0.2) is 6.10 Å². The van der Waals surface area contributed by atoms with Crippen LogP contribution in [0.3, 0.4) is 0 Å². The van der Waals surface area contributed by atoms with Crippen molar-refractivity contribution >= 4 is 17.9 Å². The van der Waals surface area contributed by atoms with Crippen LogP contribution in [0.2, 0.25) is 0 Å². The summed E-state index contributed by atoms with van der Waals surface area (Å²) in [5.41, 5.74) is 0. The van der Waals surface area contributed by atoms with Crippen LogP contribution in [0.25, 0.3) is 0 Å². The third kappa shape index (κ3) is 50.0. The van der Waals surface area contributed by atoms with E-state index in [2.05, 4.69) is 81.5 Å². The van der Waals surface area contributed by atoms with Crippen molar-refractivity contribution in [3.8, 4) is 0 Å². The third-order valence-corrected chi connectivity index (χ3v) is 11.5. The summed E-state index contributed by atoms with van der Waals surface area (Å²) < 4.78 is 16.6. The lowest BCUT2D eigenvalue weighted by Crippen LogP contribution is -2.30. The first-order chi connectivity index (χ1) is 31.0. The normalized spacial score (nSPS) is 12.5. The summed E-state index contributed by atoms with van der Waals surface area (Å²) in [6, 6.07) is 0. The Morgan fingerprint density at radius 1 is 0.333 bits per heavy atom. The number of ether oxygens (including phenoxy) is 3. The molecule has 0 rings (SSSR count). The van der Waals surface area contributed by atoms with Crippen LogP contribution in [0.4, 0.5) is 0 Å². The minimum atomic E-state index is -0.783. The van der Waals surface area contributed by atoms with Crippen molar-refractivity contribution < 1.29 is 28.6 Å². The lowest BCUT2D eigenvalue weighted by molar-refractivity contribution is -0.167. The first-order valence-electron chi connectivity index (χ1n) is 26.8. The predicted octanol–water partition coefficient (Wildman–Crippen LogP) is 17.6. The maximum Gasteiger partial charge on any atom is 0.306 e. The van der Waals surface area contributed by atoms with Crippen molar-refractivity contribution in [3.63, 3.8) is 0 Å². The van der Waals surface area contributed by atoms with E-state index in [-0.39, 0.29) is 31.1 Å². The molecule has 364 valence electrons. The van der Waals surface area contributed by atoms with E-state index >= 15 is 0 Å². The first kappa shape index (κ1) is 60.1. The molecule has 63 heavy (non-hydrogen) atoms. The number of rotatable bonds is 48. The van der Waals surface area contributed by atoms with Crippen molar-refractivity contribution in [1.29, 1.82) is 0 Å². The Hall–Kier alpha value is -2.89. The van der Waals surface area contributed by atoms with Gasteiger partial charge in [-0.05, 0) is 83.5 Å². The van der Waals surface area contributed by atoms with Crippen molar-refractivity contribution in [1.82, 2.24) is 0 Å². The molecule has 1 atom stereocenters. The van der Waals surface area contributed by atoms with E-state index in [0.29, 0.717) is 19.3 Å². The van der Waals surface area contributed by atoms with Crippen LogP contribution in [-0.4, -0.2) is 37.2 Å². The lowest BCUT2D eigenvalue weighted by atomic mass is 10.0. The molecule has 1 unspecified atom stereocenters. The lowest BCUT2D eigenvalue weighted by Gasteiger charge is -2.18. The van der Waals surface area contributed by atoms with Crippen molar-refractivity contribution in [2.45, 2.75) is 271 Å². The second-order valence-electron chi connectivity index (χ2n) is 17.8. The van der Waals surface area contributed by atoms with Gasteiger partial charge in [0.2, 0.25) is 0 Å². The minimum Gasteiger partial charge on any atom is -0.462 e. The molecule has 0 bridgehead atoms. The Bertz CT molecular complexity index is 1150. The number of hydrogen-bond acceptors (Lipinski definition) is 6. The predicted molar refractivity (Wildman–Crippen MR) is 270 cm³/mol. The number of hydrogen-bond donors (Lipinski definition) is 0. The molecular weight excluding hydrogens is 781 g/mol. The average Bonchev–Trinajstić information content (AvgIpc) is 3.28. The van der Waals surface area contributed by atoms with Gasteiger partial charge >= 0.3 is 17.9 Å². The molecule has 0 saturated carbocycles. The van der Waals surface area contributed by atoms with E-state index in [4.69, 9.17) is 14.2 Å². The van der Waals surface area contributed by atoms with Crippen LogP contribution in [0, 0.1) is 0 Å². The highest BCUT2D eigenvalue weighted by molar-refractivity contribution is 5.71. The zero-order valence-electron chi connectivity index (χ0n) is 41.6. The molecule has 6 heteroatoms. The molecule has 0 radical (unpaired) electrons. The summed E-state index contributed by atoms with van der Waals surface area (Å²) in [6.45, 7) is 6.41. The summed E-state index contributed by atoms with van der Waals surface area (Å²) in [7, 11) is 0. The zero-order valence-corrected chi connectivity index (χ0v) is 41.6. The summed E-state index contributed by atoms with van der Waals surface area (Å²) in [5, 5.41) is 0. The van der Waals surface area contributed by atoms with Gasteiger partial charge in [-0.2, -0.15) is 0 Å². The van der Waals surface area contributed by atoms with E-state index in [1.165, 1.54) is 128 Å². The highest BCUT2D eigenvalue weighted by Crippen LogP contribution is 2.15. The molecule has 0 N–H and O–H groups in total. The fourth-order valence-corrected chi connectivity index (χ4v) is 7.49. The van der Waals surface area contributed by atoms with E-state index in [1.807, 2.05) is 0 Å². The van der Waals surface area contributed by atoms with Gasteiger partial charge in [-0.3, -0.25) is 14.4 Å². The quantitative estimate of drug-likeness (QED) is 0.0262. The Balaban J connectivity index is 4.03. The van der Waals surface area contributed by atoms with Crippen LogP contribution in [0.1, 0.15) is 265 Å². The van der Waals surface area contributed by atoms with Crippen LogP contribution < -0.4 is 0 Å². The standard InChI is InChI=1S/C57H100O6/c1-4-7-10-13-15-17-19-21-22-23-24-25-26-27-28-29-30-31-32-33-34-36-37-39-41-44-47-50-56(59)62-53-54(52-61-55(58)49-46-43-12-9-6-3)63-57(60)51-48-45-42-40-38-35-20-18-16-14-11-8-5-2/h8,11,16,18-19,21,23-24,35,38,54H,4-7,9-10,12-15,17,20,22,25-34,36-37,39-53H2,1-3H3/b11-8-,18-16-,21-19-,24-23-,38-35-.